The molecule has 4 heteroatoms. The molecule has 2 atom stereocenters. The molecule has 0 saturated heterocycles. The van der Waals surface area contributed by atoms with Crippen molar-refractivity contribution < 1.29 is 9.53 Å². The minimum Gasteiger partial charge on any atom is -0.497 e. The molecule has 0 saturated carbocycles. The maximum absolute atomic E-state index is 11.3. The van der Waals surface area contributed by atoms with E-state index in [0.717, 1.165) is 43.5 Å². The molecule has 0 heterocycles. The first-order valence-corrected chi connectivity index (χ1v) is 10.4. The molecule has 0 spiro atoms. The van der Waals surface area contributed by atoms with Gasteiger partial charge in [0, 0.05) is 24.7 Å². The van der Waals surface area contributed by atoms with E-state index in [4.69, 9.17) is 4.74 Å². The molecule has 0 fully saturated rings. The first kappa shape index (κ1) is 20.4. The monoisotopic (exact) mass is 380 g/mol. The Hall–Kier alpha value is -2.33. The smallest absolute Gasteiger partial charge is 0.221 e. The van der Waals surface area contributed by atoms with E-state index in [1.807, 2.05) is 18.2 Å². The Kier molecular flexibility index (Phi) is 7.10. The topological polar surface area (TPSA) is 50.4 Å². The molecule has 28 heavy (non-hydrogen) atoms. The highest BCUT2D eigenvalue weighted by Gasteiger charge is 2.21. The van der Waals surface area contributed by atoms with E-state index in [9.17, 15) is 4.79 Å². The molecule has 1 amide bonds. The van der Waals surface area contributed by atoms with Gasteiger partial charge >= 0.3 is 0 Å². The summed E-state index contributed by atoms with van der Waals surface area (Å²) < 4.78 is 5.24. The van der Waals surface area contributed by atoms with Gasteiger partial charge in [-0.15, -0.1) is 0 Å². The summed E-state index contributed by atoms with van der Waals surface area (Å²) in [5.41, 5.74) is 5.03. The Morgan fingerprint density at radius 1 is 1.18 bits per heavy atom. The molecule has 1 aliphatic rings. The minimum absolute atomic E-state index is 0.0185. The number of hydrogen-bond acceptors (Lipinski definition) is 3. The number of anilines is 1. The van der Waals surface area contributed by atoms with Crippen molar-refractivity contribution in [3.8, 4) is 5.75 Å². The molecular formula is C24H32N2O2. The second-order valence-electron chi connectivity index (χ2n) is 7.76. The van der Waals surface area contributed by atoms with E-state index in [1.165, 1.54) is 23.1 Å². The van der Waals surface area contributed by atoms with Crippen LogP contribution in [0.25, 0.3) is 0 Å². The standard InChI is InChI=1S/C24H32N2O2/c1-4-21(10-5-18-6-13-24(28-3)14-7-18)26-23-12-9-19-8-11-22(25-17(2)27)15-20(19)16-23/h6-8,11,13-15,21,23,26H,4-5,9-10,12,16H2,1-3H3,(H,25,27). The van der Waals surface area contributed by atoms with Gasteiger partial charge in [0.25, 0.3) is 0 Å². The molecule has 0 radical (unpaired) electrons. The largest absolute Gasteiger partial charge is 0.497 e. The van der Waals surface area contributed by atoms with Crippen molar-refractivity contribution in [3.63, 3.8) is 0 Å². The number of amides is 1. The Bertz CT molecular complexity index is 786. The van der Waals surface area contributed by atoms with Gasteiger partial charge in [-0.05, 0) is 79.5 Å². The van der Waals surface area contributed by atoms with Crippen LogP contribution in [0.3, 0.4) is 0 Å². The summed E-state index contributed by atoms with van der Waals surface area (Å²) in [6.45, 7) is 3.82. The van der Waals surface area contributed by atoms with Gasteiger partial charge in [0.1, 0.15) is 5.75 Å². The summed E-state index contributed by atoms with van der Waals surface area (Å²) in [6, 6.07) is 15.7. The second-order valence-corrected chi connectivity index (χ2v) is 7.76. The van der Waals surface area contributed by atoms with Gasteiger partial charge < -0.3 is 15.4 Å². The van der Waals surface area contributed by atoms with E-state index in [1.54, 1.807) is 14.0 Å². The molecule has 2 unspecified atom stereocenters. The van der Waals surface area contributed by atoms with Crippen molar-refractivity contribution >= 4 is 11.6 Å². The summed E-state index contributed by atoms with van der Waals surface area (Å²) >= 11 is 0. The average molecular weight is 381 g/mol. The summed E-state index contributed by atoms with van der Waals surface area (Å²) in [5.74, 6) is 0.892. The van der Waals surface area contributed by atoms with Crippen molar-refractivity contribution in [2.24, 2.45) is 0 Å². The molecule has 0 aromatic heterocycles. The number of carbonyl (C=O) groups excluding carboxylic acids is 1. The lowest BCUT2D eigenvalue weighted by molar-refractivity contribution is -0.114. The lowest BCUT2D eigenvalue weighted by Crippen LogP contribution is -2.41. The van der Waals surface area contributed by atoms with Crippen LogP contribution in [-0.4, -0.2) is 25.1 Å². The lowest BCUT2D eigenvalue weighted by Gasteiger charge is -2.30. The van der Waals surface area contributed by atoms with Crippen LogP contribution in [0, 0.1) is 0 Å². The van der Waals surface area contributed by atoms with Crippen molar-refractivity contribution in [1.82, 2.24) is 5.32 Å². The molecular weight excluding hydrogens is 348 g/mol. The number of aryl methyl sites for hydroxylation is 2. The molecule has 3 rings (SSSR count). The fraction of sp³-hybridized carbons (Fsp3) is 0.458. The molecule has 2 aromatic rings. The summed E-state index contributed by atoms with van der Waals surface area (Å²) in [6.07, 6.45) is 6.64. The minimum atomic E-state index is -0.0185. The SMILES string of the molecule is CCC(CCc1ccc(OC)cc1)NC1CCc2ccc(NC(C)=O)cc2C1. The number of rotatable bonds is 8. The fourth-order valence-electron chi connectivity index (χ4n) is 4.05. The van der Waals surface area contributed by atoms with Crippen LogP contribution in [0.1, 0.15) is 49.8 Å². The molecule has 0 bridgehead atoms. The molecule has 2 aromatic carbocycles. The zero-order valence-corrected chi connectivity index (χ0v) is 17.3. The zero-order valence-electron chi connectivity index (χ0n) is 17.3. The third kappa shape index (κ3) is 5.59. The number of carbonyl (C=O) groups is 1. The highest BCUT2D eigenvalue weighted by Crippen LogP contribution is 2.25. The van der Waals surface area contributed by atoms with Crippen LogP contribution in [-0.2, 0) is 24.1 Å². The molecule has 0 aliphatic heterocycles. The van der Waals surface area contributed by atoms with Gasteiger partial charge in [0.05, 0.1) is 7.11 Å². The molecule has 150 valence electrons. The third-order valence-electron chi connectivity index (χ3n) is 5.66. The van der Waals surface area contributed by atoms with Gasteiger partial charge in [0.15, 0.2) is 0 Å². The van der Waals surface area contributed by atoms with Crippen molar-refractivity contribution in [3.05, 3.63) is 59.2 Å². The van der Waals surface area contributed by atoms with Gasteiger partial charge in [-0.2, -0.15) is 0 Å². The number of methoxy groups -OCH3 is 1. The maximum atomic E-state index is 11.3. The first-order valence-electron chi connectivity index (χ1n) is 10.4. The van der Waals surface area contributed by atoms with Crippen LogP contribution < -0.4 is 15.4 Å². The molecule has 4 nitrogen and oxygen atoms in total. The van der Waals surface area contributed by atoms with E-state index in [0.29, 0.717) is 12.1 Å². The van der Waals surface area contributed by atoms with Crippen molar-refractivity contribution in [2.45, 2.75) is 64.5 Å². The van der Waals surface area contributed by atoms with Gasteiger partial charge in [-0.1, -0.05) is 25.1 Å². The number of ether oxygens (including phenoxy) is 1. The van der Waals surface area contributed by atoms with Crippen LogP contribution in [0.4, 0.5) is 5.69 Å². The Morgan fingerprint density at radius 3 is 2.64 bits per heavy atom. The van der Waals surface area contributed by atoms with Crippen LogP contribution >= 0.6 is 0 Å². The fourth-order valence-corrected chi connectivity index (χ4v) is 4.05. The van der Waals surface area contributed by atoms with E-state index in [-0.39, 0.29) is 5.91 Å². The lowest BCUT2D eigenvalue weighted by atomic mass is 9.87. The highest BCUT2D eigenvalue weighted by molar-refractivity contribution is 5.88. The van der Waals surface area contributed by atoms with Crippen molar-refractivity contribution in [1.29, 1.82) is 0 Å². The first-order chi connectivity index (χ1) is 13.6. The van der Waals surface area contributed by atoms with Gasteiger partial charge in [0.2, 0.25) is 5.91 Å². The quantitative estimate of drug-likeness (QED) is 0.708. The van der Waals surface area contributed by atoms with E-state index < -0.39 is 0 Å². The van der Waals surface area contributed by atoms with E-state index in [2.05, 4.69) is 41.8 Å². The maximum Gasteiger partial charge on any atom is 0.221 e. The van der Waals surface area contributed by atoms with Gasteiger partial charge in [-0.25, -0.2) is 0 Å². The average Bonchev–Trinajstić information content (AvgIpc) is 2.70. The zero-order chi connectivity index (χ0) is 19.9. The summed E-state index contributed by atoms with van der Waals surface area (Å²) in [5, 5.41) is 6.79. The predicted molar refractivity (Wildman–Crippen MR) is 115 cm³/mol. The third-order valence-corrected chi connectivity index (χ3v) is 5.66. The normalized spacial score (nSPS) is 16.9. The van der Waals surface area contributed by atoms with Crippen LogP contribution in [0.15, 0.2) is 42.5 Å². The van der Waals surface area contributed by atoms with Crippen LogP contribution in [0.2, 0.25) is 0 Å². The number of hydrogen-bond donors (Lipinski definition) is 2. The molecule has 2 N–H and O–H groups in total. The van der Waals surface area contributed by atoms with Crippen LogP contribution in [0.5, 0.6) is 5.75 Å². The Labute approximate surface area is 168 Å². The number of fused-ring (bicyclic) bond motifs is 1. The van der Waals surface area contributed by atoms with E-state index >= 15 is 0 Å². The number of benzene rings is 2. The summed E-state index contributed by atoms with van der Waals surface area (Å²) in [4.78, 5) is 11.3. The predicted octanol–water partition coefficient (Wildman–Crippen LogP) is 4.51. The molecule has 1 aliphatic carbocycles. The second kappa shape index (κ2) is 9.74. The Morgan fingerprint density at radius 2 is 1.96 bits per heavy atom. The highest BCUT2D eigenvalue weighted by atomic mass is 16.5. The number of nitrogens with one attached hydrogen (secondary N) is 2. The van der Waals surface area contributed by atoms with Gasteiger partial charge in [-0.3, -0.25) is 4.79 Å². The summed E-state index contributed by atoms with van der Waals surface area (Å²) in [7, 11) is 1.70. The Balaban J connectivity index is 1.55. The van der Waals surface area contributed by atoms with Crippen molar-refractivity contribution in [2.75, 3.05) is 12.4 Å².